The van der Waals surface area contributed by atoms with E-state index in [4.69, 9.17) is 4.74 Å². The summed E-state index contributed by atoms with van der Waals surface area (Å²) >= 11 is 3.26. The van der Waals surface area contributed by atoms with E-state index in [0.29, 0.717) is 0 Å². The molecule has 0 N–H and O–H groups in total. The van der Waals surface area contributed by atoms with Crippen molar-refractivity contribution in [3.63, 3.8) is 0 Å². The van der Waals surface area contributed by atoms with Crippen molar-refractivity contribution in [3.05, 3.63) is 28.7 Å². The highest BCUT2D eigenvalue weighted by molar-refractivity contribution is 9.10. The third-order valence-corrected chi connectivity index (χ3v) is 5.35. The highest BCUT2D eigenvalue weighted by Crippen LogP contribution is 2.21. The van der Waals surface area contributed by atoms with Gasteiger partial charge in [-0.05, 0) is 24.3 Å². The van der Waals surface area contributed by atoms with Gasteiger partial charge in [-0.2, -0.15) is 4.31 Å². The second-order valence-corrected chi connectivity index (χ2v) is 7.05. The summed E-state index contributed by atoms with van der Waals surface area (Å²) in [6, 6.07) is 6.35. The first-order valence-corrected chi connectivity index (χ1v) is 8.13. The Morgan fingerprint density at radius 2 is 2.05 bits per heavy atom. The fraction of sp³-hybridized carbons (Fsp3) is 0.417. The number of carbonyl (C=O) groups excluding carboxylic acids is 1. The molecule has 110 valence electrons. The molecular weight excluding hydrogens is 350 g/mol. The van der Waals surface area contributed by atoms with Crippen molar-refractivity contribution in [2.45, 2.75) is 11.0 Å². The molecule has 0 saturated carbocycles. The minimum absolute atomic E-state index is 0.0366. The number of rotatable bonds is 3. The minimum atomic E-state index is -3.63. The van der Waals surface area contributed by atoms with Crippen LogP contribution in [0.2, 0.25) is 0 Å². The molecule has 1 saturated heterocycles. The van der Waals surface area contributed by atoms with Crippen molar-refractivity contribution < 1.29 is 22.7 Å². The van der Waals surface area contributed by atoms with Gasteiger partial charge in [0.15, 0.2) is 6.10 Å². The number of benzene rings is 1. The number of carbonyl (C=O) groups is 1. The Morgan fingerprint density at radius 3 is 2.65 bits per heavy atom. The molecule has 0 spiro atoms. The molecule has 6 nitrogen and oxygen atoms in total. The molecule has 1 aliphatic rings. The van der Waals surface area contributed by atoms with Gasteiger partial charge in [0.25, 0.3) is 0 Å². The number of morpholine rings is 1. The maximum Gasteiger partial charge on any atom is 0.336 e. The summed E-state index contributed by atoms with van der Waals surface area (Å²) in [5, 5.41) is 0. The predicted molar refractivity (Wildman–Crippen MR) is 74.7 cm³/mol. The van der Waals surface area contributed by atoms with Crippen LogP contribution in [0, 0.1) is 0 Å². The van der Waals surface area contributed by atoms with Gasteiger partial charge in [0.1, 0.15) is 0 Å². The molecule has 1 unspecified atom stereocenters. The lowest BCUT2D eigenvalue weighted by atomic mass is 10.3. The number of hydrogen-bond donors (Lipinski definition) is 0. The highest BCUT2D eigenvalue weighted by Gasteiger charge is 2.34. The summed E-state index contributed by atoms with van der Waals surface area (Å²) in [5.74, 6) is -0.569. The van der Waals surface area contributed by atoms with Gasteiger partial charge in [0.2, 0.25) is 10.0 Å². The van der Waals surface area contributed by atoms with Crippen LogP contribution in [0.25, 0.3) is 0 Å². The second-order valence-electron chi connectivity index (χ2n) is 4.20. The molecule has 20 heavy (non-hydrogen) atoms. The first-order valence-electron chi connectivity index (χ1n) is 5.90. The molecule has 1 aromatic rings. The van der Waals surface area contributed by atoms with E-state index in [1.807, 2.05) is 0 Å². The van der Waals surface area contributed by atoms with Gasteiger partial charge in [-0.15, -0.1) is 0 Å². The van der Waals surface area contributed by atoms with Gasteiger partial charge in [-0.3, -0.25) is 0 Å². The third-order valence-electron chi connectivity index (χ3n) is 2.94. The molecule has 1 aromatic carbocycles. The van der Waals surface area contributed by atoms with E-state index >= 15 is 0 Å². The zero-order valence-corrected chi connectivity index (χ0v) is 13.2. The van der Waals surface area contributed by atoms with Gasteiger partial charge < -0.3 is 9.47 Å². The summed E-state index contributed by atoms with van der Waals surface area (Å²) in [6.45, 7) is 0.340. The number of hydrogen-bond acceptors (Lipinski definition) is 5. The van der Waals surface area contributed by atoms with Crippen molar-refractivity contribution in [1.82, 2.24) is 4.31 Å². The lowest BCUT2D eigenvalue weighted by Gasteiger charge is -2.30. The largest absolute Gasteiger partial charge is 0.467 e. The fourth-order valence-corrected chi connectivity index (χ4v) is 3.56. The van der Waals surface area contributed by atoms with Crippen LogP contribution in [-0.2, 0) is 24.3 Å². The molecule has 1 fully saturated rings. The first kappa shape index (κ1) is 15.4. The molecule has 0 aromatic heterocycles. The molecule has 0 amide bonds. The maximum absolute atomic E-state index is 12.5. The third kappa shape index (κ3) is 3.20. The number of nitrogens with zero attached hydrogens (tertiary/aromatic N) is 1. The van der Waals surface area contributed by atoms with Crippen LogP contribution in [0.1, 0.15) is 0 Å². The molecular formula is C12H14BrNO5S. The summed E-state index contributed by atoms with van der Waals surface area (Å²) in [6.07, 6.45) is -0.876. The Hall–Kier alpha value is -0.960. The predicted octanol–water partition coefficient (Wildman–Crippen LogP) is 1.01. The van der Waals surface area contributed by atoms with Gasteiger partial charge >= 0.3 is 5.97 Å². The minimum Gasteiger partial charge on any atom is -0.467 e. The van der Waals surface area contributed by atoms with Crippen molar-refractivity contribution in [3.8, 4) is 0 Å². The number of esters is 1. The molecule has 8 heteroatoms. The quantitative estimate of drug-likeness (QED) is 0.749. The van der Waals surface area contributed by atoms with E-state index in [9.17, 15) is 13.2 Å². The van der Waals surface area contributed by atoms with Gasteiger partial charge in [0, 0.05) is 11.0 Å². The van der Waals surface area contributed by atoms with Crippen LogP contribution in [0.4, 0.5) is 0 Å². The monoisotopic (exact) mass is 363 g/mol. The average molecular weight is 364 g/mol. The Labute approximate surface area is 125 Å². The zero-order chi connectivity index (χ0) is 14.8. The summed E-state index contributed by atoms with van der Waals surface area (Å²) in [7, 11) is -2.38. The second kappa shape index (κ2) is 6.21. The number of ether oxygens (including phenoxy) is 2. The van der Waals surface area contributed by atoms with E-state index in [-0.39, 0.29) is 24.6 Å². The smallest absolute Gasteiger partial charge is 0.336 e. The highest BCUT2D eigenvalue weighted by atomic mass is 79.9. The van der Waals surface area contributed by atoms with Crippen LogP contribution >= 0.6 is 15.9 Å². The summed E-state index contributed by atoms with van der Waals surface area (Å²) in [5.41, 5.74) is 0. The van der Waals surface area contributed by atoms with Gasteiger partial charge in [-0.25, -0.2) is 13.2 Å². The van der Waals surface area contributed by atoms with Crippen LogP contribution < -0.4 is 0 Å². The van der Waals surface area contributed by atoms with E-state index < -0.39 is 22.1 Å². The Balaban J connectivity index is 2.21. The Kier molecular flexibility index (Phi) is 4.79. The van der Waals surface area contributed by atoms with Crippen LogP contribution in [0.5, 0.6) is 0 Å². The molecule has 0 aliphatic carbocycles. The normalized spacial score (nSPS) is 20.6. The van der Waals surface area contributed by atoms with Crippen LogP contribution in [0.3, 0.4) is 0 Å². The SMILES string of the molecule is COC(=O)C1CN(S(=O)(=O)c2ccc(Br)cc2)CCO1. The summed E-state index contributed by atoms with van der Waals surface area (Å²) < 4.78 is 36.8. The molecule has 1 atom stereocenters. The number of sulfonamides is 1. The zero-order valence-electron chi connectivity index (χ0n) is 10.8. The number of methoxy groups -OCH3 is 1. The molecule has 2 rings (SSSR count). The van der Waals surface area contributed by atoms with E-state index in [1.165, 1.54) is 23.5 Å². The van der Waals surface area contributed by atoms with E-state index in [2.05, 4.69) is 20.7 Å². The van der Waals surface area contributed by atoms with Gasteiger partial charge in [-0.1, -0.05) is 15.9 Å². The Morgan fingerprint density at radius 1 is 1.40 bits per heavy atom. The van der Waals surface area contributed by atoms with E-state index in [0.717, 1.165) is 4.47 Å². The lowest BCUT2D eigenvalue weighted by Crippen LogP contribution is -2.48. The van der Waals surface area contributed by atoms with Crippen LogP contribution in [0.15, 0.2) is 33.6 Å². The maximum atomic E-state index is 12.5. The average Bonchev–Trinajstić information content (AvgIpc) is 2.47. The molecule has 1 aliphatic heterocycles. The number of halogens is 1. The van der Waals surface area contributed by atoms with Crippen LogP contribution in [-0.4, -0.2) is 51.6 Å². The van der Waals surface area contributed by atoms with Crippen molar-refractivity contribution in [2.75, 3.05) is 26.8 Å². The standard InChI is InChI=1S/C12H14BrNO5S/c1-18-12(15)11-8-14(6-7-19-11)20(16,17)10-4-2-9(13)3-5-10/h2-5,11H,6-8H2,1H3. The molecule has 0 radical (unpaired) electrons. The Bertz CT molecular complexity index is 586. The van der Waals surface area contributed by atoms with Crippen molar-refractivity contribution in [2.24, 2.45) is 0 Å². The van der Waals surface area contributed by atoms with Crippen molar-refractivity contribution in [1.29, 1.82) is 0 Å². The van der Waals surface area contributed by atoms with Crippen molar-refractivity contribution >= 4 is 31.9 Å². The fourth-order valence-electron chi connectivity index (χ4n) is 1.87. The molecule has 1 heterocycles. The van der Waals surface area contributed by atoms with E-state index in [1.54, 1.807) is 12.1 Å². The first-order chi connectivity index (χ1) is 9.45. The topological polar surface area (TPSA) is 72.9 Å². The lowest BCUT2D eigenvalue weighted by molar-refractivity contribution is -0.157. The molecule has 0 bridgehead atoms. The summed E-state index contributed by atoms with van der Waals surface area (Å²) in [4.78, 5) is 11.6. The van der Waals surface area contributed by atoms with Gasteiger partial charge in [0.05, 0.1) is 25.2 Å².